The normalized spacial score (nSPS) is 18.1. The van der Waals surface area contributed by atoms with Gasteiger partial charge in [-0.15, -0.1) is 0 Å². The van der Waals surface area contributed by atoms with E-state index in [1.54, 1.807) is 6.20 Å². The molecule has 2 saturated heterocycles. The lowest BCUT2D eigenvalue weighted by Gasteiger charge is -2.34. The number of para-hydroxylation sites is 1. The first kappa shape index (κ1) is 21.4. The summed E-state index contributed by atoms with van der Waals surface area (Å²) in [4.78, 5) is 41.9. The number of ether oxygens (including phenoxy) is 1. The van der Waals surface area contributed by atoms with Crippen molar-refractivity contribution in [2.45, 2.75) is 45.1 Å². The number of fused-ring (bicyclic) bond motifs is 1. The molecule has 2 amide bonds. The fourth-order valence-corrected chi connectivity index (χ4v) is 4.82. The number of methoxy groups -OCH3 is 1. The predicted molar refractivity (Wildman–Crippen MR) is 118 cm³/mol. The summed E-state index contributed by atoms with van der Waals surface area (Å²) in [6, 6.07) is 7.53. The summed E-state index contributed by atoms with van der Waals surface area (Å²) in [5, 5.41) is 0.781. The van der Waals surface area contributed by atoms with E-state index < -0.39 is 5.97 Å². The fourth-order valence-electron chi connectivity index (χ4n) is 4.82. The molecule has 1 aromatic carbocycles. The van der Waals surface area contributed by atoms with E-state index in [1.165, 1.54) is 20.0 Å². The zero-order valence-electron chi connectivity index (χ0n) is 18.2. The average Bonchev–Trinajstić information content (AvgIpc) is 2.98. The van der Waals surface area contributed by atoms with Gasteiger partial charge >= 0.3 is 5.97 Å². The van der Waals surface area contributed by atoms with E-state index in [9.17, 15) is 14.4 Å². The average molecular weight is 426 g/mol. The Bertz CT molecular complexity index is 951. The third kappa shape index (κ3) is 4.60. The Morgan fingerprint density at radius 1 is 0.935 bits per heavy atom. The van der Waals surface area contributed by atoms with Gasteiger partial charge in [-0.2, -0.15) is 0 Å². The maximum atomic E-state index is 13.0. The third-order valence-corrected chi connectivity index (χ3v) is 6.61. The Hall–Kier alpha value is -2.83. The smallest absolute Gasteiger partial charge is 0.340 e. The van der Waals surface area contributed by atoms with Crippen molar-refractivity contribution in [3.8, 4) is 0 Å². The molecular weight excluding hydrogens is 394 g/mol. The Labute approximate surface area is 182 Å². The molecule has 166 valence electrons. The monoisotopic (exact) mass is 425 g/mol. The van der Waals surface area contributed by atoms with Crippen molar-refractivity contribution in [2.24, 2.45) is 5.92 Å². The van der Waals surface area contributed by atoms with Crippen LogP contribution in [0.5, 0.6) is 0 Å². The van der Waals surface area contributed by atoms with Crippen LogP contribution in [0.1, 0.15) is 48.9 Å². The maximum Gasteiger partial charge on any atom is 0.340 e. The van der Waals surface area contributed by atoms with Crippen molar-refractivity contribution >= 4 is 28.7 Å². The fraction of sp³-hybridized carbons (Fsp3) is 0.542. The molecule has 0 bridgehead atoms. The third-order valence-electron chi connectivity index (χ3n) is 6.61. The SMILES string of the molecule is COC(=O)c1cn(CC(=O)N2CCC(C(=O)N3CCCCCC3)CC2)c2ccccc12. The first-order chi connectivity index (χ1) is 15.1. The van der Waals surface area contributed by atoms with Gasteiger partial charge in [0.25, 0.3) is 0 Å². The van der Waals surface area contributed by atoms with E-state index in [-0.39, 0.29) is 24.3 Å². The summed E-state index contributed by atoms with van der Waals surface area (Å²) < 4.78 is 6.71. The number of esters is 1. The van der Waals surface area contributed by atoms with Crippen LogP contribution < -0.4 is 0 Å². The highest BCUT2D eigenvalue weighted by Gasteiger charge is 2.30. The van der Waals surface area contributed by atoms with Gasteiger partial charge in [0.1, 0.15) is 6.54 Å². The number of nitrogens with zero attached hydrogens (tertiary/aromatic N) is 3. The lowest BCUT2D eigenvalue weighted by molar-refractivity contribution is -0.141. The molecule has 0 saturated carbocycles. The topological polar surface area (TPSA) is 71.8 Å². The first-order valence-electron chi connectivity index (χ1n) is 11.3. The number of likely N-dealkylation sites (tertiary alicyclic amines) is 2. The van der Waals surface area contributed by atoms with Crippen LogP contribution in [-0.2, 0) is 20.9 Å². The van der Waals surface area contributed by atoms with E-state index in [2.05, 4.69) is 0 Å². The molecule has 0 spiro atoms. The highest BCUT2D eigenvalue weighted by atomic mass is 16.5. The summed E-state index contributed by atoms with van der Waals surface area (Å²) in [7, 11) is 1.36. The molecule has 7 nitrogen and oxygen atoms in total. The van der Waals surface area contributed by atoms with Crippen molar-refractivity contribution in [1.82, 2.24) is 14.4 Å². The lowest BCUT2D eigenvalue weighted by Crippen LogP contribution is -2.45. The van der Waals surface area contributed by atoms with Gasteiger partial charge in [0, 0.05) is 49.2 Å². The number of benzene rings is 1. The van der Waals surface area contributed by atoms with Crippen molar-refractivity contribution in [2.75, 3.05) is 33.3 Å². The molecule has 4 rings (SSSR count). The number of amides is 2. The lowest BCUT2D eigenvalue weighted by atomic mass is 9.95. The largest absolute Gasteiger partial charge is 0.465 e. The molecule has 31 heavy (non-hydrogen) atoms. The van der Waals surface area contributed by atoms with Crippen molar-refractivity contribution in [3.63, 3.8) is 0 Å². The second kappa shape index (κ2) is 9.54. The Balaban J connectivity index is 1.38. The molecule has 0 radical (unpaired) electrons. The number of piperidine rings is 1. The number of carbonyl (C=O) groups excluding carboxylic acids is 3. The standard InChI is InChI=1S/C24H31N3O4/c1-31-24(30)20-16-27(21-9-5-4-8-19(20)21)17-22(28)25-14-10-18(11-15-25)23(29)26-12-6-2-3-7-13-26/h4-5,8-9,16,18H,2-3,6-7,10-15,17H2,1H3. The van der Waals surface area contributed by atoms with E-state index in [0.717, 1.165) is 49.7 Å². The molecular formula is C24H31N3O4. The van der Waals surface area contributed by atoms with Gasteiger partial charge < -0.3 is 19.1 Å². The summed E-state index contributed by atoms with van der Waals surface area (Å²) in [6.07, 6.45) is 7.76. The van der Waals surface area contributed by atoms with Gasteiger partial charge in [-0.3, -0.25) is 9.59 Å². The molecule has 2 aliphatic rings. The van der Waals surface area contributed by atoms with Gasteiger partial charge in [-0.1, -0.05) is 31.0 Å². The summed E-state index contributed by atoms with van der Waals surface area (Å²) in [5.41, 5.74) is 1.30. The predicted octanol–water partition coefficient (Wildman–Crippen LogP) is 3.07. The van der Waals surface area contributed by atoms with Crippen molar-refractivity contribution < 1.29 is 19.1 Å². The minimum atomic E-state index is -0.407. The second-order valence-electron chi connectivity index (χ2n) is 8.57. The van der Waals surface area contributed by atoms with Gasteiger partial charge in [-0.25, -0.2) is 4.79 Å². The Morgan fingerprint density at radius 3 is 2.29 bits per heavy atom. The molecule has 2 aromatic rings. The van der Waals surface area contributed by atoms with Gasteiger partial charge in [-0.05, 0) is 31.7 Å². The van der Waals surface area contributed by atoms with Crippen LogP contribution in [0.2, 0.25) is 0 Å². The van der Waals surface area contributed by atoms with Crippen LogP contribution in [-0.4, -0.2) is 65.4 Å². The Kier molecular flexibility index (Phi) is 6.59. The molecule has 0 atom stereocenters. The second-order valence-corrected chi connectivity index (χ2v) is 8.57. The van der Waals surface area contributed by atoms with Crippen LogP contribution in [0, 0.1) is 5.92 Å². The zero-order valence-corrected chi connectivity index (χ0v) is 18.2. The quantitative estimate of drug-likeness (QED) is 0.706. The number of aromatic nitrogens is 1. The van der Waals surface area contributed by atoms with Gasteiger partial charge in [0.05, 0.1) is 12.7 Å². The van der Waals surface area contributed by atoms with E-state index in [0.29, 0.717) is 18.7 Å². The molecule has 2 aliphatic heterocycles. The Morgan fingerprint density at radius 2 is 1.61 bits per heavy atom. The summed E-state index contributed by atoms with van der Waals surface area (Å²) in [5.74, 6) is -0.0957. The number of hydrogen-bond donors (Lipinski definition) is 0. The molecule has 7 heteroatoms. The molecule has 1 aromatic heterocycles. The first-order valence-corrected chi connectivity index (χ1v) is 11.3. The summed E-state index contributed by atoms with van der Waals surface area (Å²) >= 11 is 0. The van der Waals surface area contributed by atoms with Crippen LogP contribution in [0.25, 0.3) is 10.9 Å². The van der Waals surface area contributed by atoms with Gasteiger partial charge in [0.2, 0.25) is 11.8 Å². The number of carbonyl (C=O) groups is 3. The summed E-state index contributed by atoms with van der Waals surface area (Å²) in [6.45, 7) is 3.13. The molecule has 3 heterocycles. The molecule has 0 aliphatic carbocycles. The maximum absolute atomic E-state index is 13.0. The van der Waals surface area contributed by atoms with Crippen LogP contribution >= 0.6 is 0 Å². The van der Waals surface area contributed by atoms with E-state index in [1.807, 2.05) is 38.6 Å². The highest BCUT2D eigenvalue weighted by molar-refractivity contribution is 6.04. The minimum absolute atomic E-state index is 0.0119. The molecule has 0 unspecified atom stereocenters. The van der Waals surface area contributed by atoms with Gasteiger partial charge in [0.15, 0.2) is 0 Å². The molecule has 2 fully saturated rings. The van der Waals surface area contributed by atoms with E-state index in [4.69, 9.17) is 4.74 Å². The van der Waals surface area contributed by atoms with E-state index >= 15 is 0 Å². The highest BCUT2D eigenvalue weighted by Crippen LogP contribution is 2.24. The van der Waals surface area contributed by atoms with Crippen LogP contribution in [0.15, 0.2) is 30.5 Å². The number of rotatable bonds is 4. The molecule has 0 N–H and O–H groups in total. The van der Waals surface area contributed by atoms with Crippen LogP contribution in [0.3, 0.4) is 0 Å². The van der Waals surface area contributed by atoms with Crippen LogP contribution in [0.4, 0.5) is 0 Å². The minimum Gasteiger partial charge on any atom is -0.465 e. The van der Waals surface area contributed by atoms with Crippen molar-refractivity contribution in [1.29, 1.82) is 0 Å². The zero-order chi connectivity index (χ0) is 21.8. The number of hydrogen-bond acceptors (Lipinski definition) is 4. The van der Waals surface area contributed by atoms with Crippen molar-refractivity contribution in [3.05, 3.63) is 36.0 Å².